The molecule has 0 aliphatic carbocycles. The number of anilines is 1. The van der Waals surface area contributed by atoms with E-state index < -0.39 is 17.2 Å². The number of ether oxygens (including phenoxy) is 1. The maximum absolute atomic E-state index is 13.1. The van der Waals surface area contributed by atoms with Crippen LogP contribution in [-0.4, -0.2) is 27.6 Å². The number of amides is 1. The molecule has 29 heavy (non-hydrogen) atoms. The molecule has 1 amide bonds. The van der Waals surface area contributed by atoms with Gasteiger partial charge in [0.05, 0.1) is 18.1 Å². The Morgan fingerprint density at radius 2 is 1.93 bits per heavy atom. The number of rotatable bonds is 6. The number of aryl methyl sites for hydroxylation is 1. The fourth-order valence-corrected chi connectivity index (χ4v) is 3.07. The molecule has 0 aliphatic heterocycles. The summed E-state index contributed by atoms with van der Waals surface area (Å²) >= 11 is 0. The van der Waals surface area contributed by atoms with E-state index in [4.69, 9.17) is 4.74 Å². The number of aromatic amines is 1. The van der Waals surface area contributed by atoms with Crippen LogP contribution in [0.2, 0.25) is 0 Å². The Bertz CT molecular complexity index is 1160. The minimum absolute atomic E-state index is 0.0106. The van der Waals surface area contributed by atoms with Crippen molar-refractivity contribution in [3.8, 4) is 5.75 Å². The number of nitrogens with zero attached hydrogens (tertiary/aromatic N) is 2. The van der Waals surface area contributed by atoms with Crippen LogP contribution in [-0.2, 0) is 6.54 Å². The number of aromatic nitrogens is 3. The zero-order chi connectivity index (χ0) is 21.1. The van der Waals surface area contributed by atoms with Gasteiger partial charge in [0.2, 0.25) is 0 Å². The van der Waals surface area contributed by atoms with Gasteiger partial charge in [-0.15, -0.1) is 0 Å². The topological polar surface area (TPSA) is 106 Å². The van der Waals surface area contributed by atoms with Gasteiger partial charge in [0.1, 0.15) is 5.75 Å². The number of hydrogen-bond acceptors (Lipinski definition) is 5. The fourth-order valence-electron chi connectivity index (χ4n) is 3.07. The minimum Gasteiger partial charge on any atom is -0.497 e. The average molecular weight is 396 g/mol. The summed E-state index contributed by atoms with van der Waals surface area (Å²) in [7, 11) is 1.56. The Hall–Kier alpha value is -3.42. The molecule has 0 saturated heterocycles. The van der Waals surface area contributed by atoms with Crippen molar-refractivity contribution in [3.05, 3.63) is 62.4 Å². The number of hydrogen-bond donors (Lipinski definition) is 2. The molecule has 1 aromatic carbocycles. The normalized spacial score (nSPS) is 11.1. The third-order valence-electron chi connectivity index (χ3n) is 4.60. The van der Waals surface area contributed by atoms with Crippen LogP contribution in [0.5, 0.6) is 5.75 Å². The molecular weight excluding hydrogens is 372 g/mol. The van der Waals surface area contributed by atoms with E-state index in [2.05, 4.69) is 15.3 Å². The summed E-state index contributed by atoms with van der Waals surface area (Å²) in [6.07, 6.45) is 0.683. The van der Waals surface area contributed by atoms with E-state index in [1.165, 1.54) is 4.57 Å². The molecule has 2 heterocycles. The van der Waals surface area contributed by atoms with Crippen LogP contribution in [0, 0.1) is 0 Å². The fraction of sp³-hybridized carbons (Fsp3) is 0.333. The molecule has 3 rings (SSSR count). The van der Waals surface area contributed by atoms with Gasteiger partial charge in [0.15, 0.2) is 5.65 Å². The summed E-state index contributed by atoms with van der Waals surface area (Å²) in [5, 5.41) is 2.90. The van der Waals surface area contributed by atoms with Crippen LogP contribution in [0.25, 0.3) is 11.0 Å². The predicted octanol–water partition coefficient (Wildman–Crippen LogP) is 2.88. The van der Waals surface area contributed by atoms with E-state index >= 15 is 0 Å². The van der Waals surface area contributed by atoms with Gasteiger partial charge in [-0.05, 0) is 42.7 Å². The standard InChI is InChI=1S/C21H24N4O4/c1-5-10-25-18-17(20(27)24-21(25)28)15(11-16(23-18)12(2)3)19(26)22-13-6-8-14(29-4)9-7-13/h6-9,11-12H,5,10H2,1-4H3,(H,22,26)(H,24,27,28). The summed E-state index contributed by atoms with van der Waals surface area (Å²) in [6, 6.07) is 8.49. The lowest BCUT2D eigenvalue weighted by Gasteiger charge is -2.14. The lowest BCUT2D eigenvalue weighted by atomic mass is 10.0. The second kappa shape index (κ2) is 8.30. The smallest absolute Gasteiger partial charge is 0.329 e. The molecule has 8 heteroatoms. The molecule has 2 N–H and O–H groups in total. The molecule has 3 aromatic rings. The van der Waals surface area contributed by atoms with Crippen molar-refractivity contribution < 1.29 is 9.53 Å². The molecule has 0 atom stereocenters. The van der Waals surface area contributed by atoms with Crippen molar-refractivity contribution in [2.75, 3.05) is 12.4 Å². The molecule has 0 radical (unpaired) electrons. The van der Waals surface area contributed by atoms with E-state index in [0.29, 0.717) is 30.1 Å². The Morgan fingerprint density at radius 1 is 1.24 bits per heavy atom. The number of H-pyrrole nitrogens is 1. The first kappa shape index (κ1) is 20.3. The van der Waals surface area contributed by atoms with Crippen molar-refractivity contribution in [2.45, 2.75) is 39.7 Å². The van der Waals surface area contributed by atoms with Crippen LogP contribution in [0.15, 0.2) is 39.9 Å². The quantitative estimate of drug-likeness (QED) is 0.666. The van der Waals surface area contributed by atoms with Crippen molar-refractivity contribution in [1.29, 1.82) is 0 Å². The van der Waals surface area contributed by atoms with Crippen molar-refractivity contribution >= 4 is 22.6 Å². The molecule has 152 valence electrons. The number of carbonyl (C=O) groups excluding carboxylic acids is 1. The van der Waals surface area contributed by atoms with Crippen LogP contribution in [0.4, 0.5) is 5.69 Å². The van der Waals surface area contributed by atoms with Gasteiger partial charge in [0.25, 0.3) is 11.5 Å². The van der Waals surface area contributed by atoms with Gasteiger partial charge in [0, 0.05) is 17.9 Å². The summed E-state index contributed by atoms with van der Waals surface area (Å²) in [6.45, 7) is 6.19. The summed E-state index contributed by atoms with van der Waals surface area (Å²) in [5.74, 6) is 0.229. The van der Waals surface area contributed by atoms with Gasteiger partial charge in [-0.25, -0.2) is 9.78 Å². The van der Waals surface area contributed by atoms with Crippen molar-refractivity contribution in [2.24, 2.45) is 0 Å². The summed E-state index contributed by atoms with van der Waals surface area (Å²) in [5.41, 5.74) is 0.448. The Kier molecular flexibility index (Phi) is 5.81. The van der Waals surface area contributed by atoms with E-state index in [0.717, 1.165) is 0 Å². The van der Waals surface area contributed by atoms with Crippen LogP contribution in [0.1, 0.15) is 49.2 Å². The SMILES string of the molecule is CCCn1c(=O)[nH]c(=O)c2c(C(=O)Nc3ccc(OC)cc3)cc(C(C)C)nc21. The van der Waals surface area contributed by atoms with Gasteiger partial charge < -0.3 is 10.1 Å². The van der Waals surface area contributed by atoms with Gasteiger partial charge >= 0.3 is 5.69 Å². The highest BCUT2D eigenvalue weighted by Crippen LogP contribution is 2.22. The molecule has 8 nitrogen and oxygen atoms in total. The van der Waals surface area contributed by atoms with E-state index in [1.54, 1.807) is 37.4 Å². The highest BCUT2D eigenvalue weighted by atomic mass is 16.5. The lowest BCUT2D eigenvalue weighted by Crippen LogP contribution is -2.32. The largest absolute Gasteiger partial charge is 0.497 e. The van der Waals surface area contributed by atoms with E-state index in [9.17, 15) is 14.4 Å². The van der Waals surface area contributed by atoms with Crippen molar-refractivity contribution in [3.63, 3.8) is 0 Å². The first-order valence-electron chi connectivity index (χ1n) is 9.48. The average Bonchev–Trinajstić information content (AvgIpc) is 2.70. The molecule has 0 fully saturated rings. The van der Waals surface area contributed by atoms with Gasteiger partial charge in [-0.3, -0.25) is 19.1 Å². The zero-order valence-electron chi connectivity index (χ0n) is 16.9. The number of benzene rings is 1. The molecule has 0 unspecified atom stereocenters. The Labute approximate surface area is 167 Å². The second-order valence-electron chi connectivity index (χ2n) is 7.04. The Morgan fingerprint density at radius 3 is 2.52 bits per heavy atom. The number of nitrogens with one attached hydrogen (secondary N) is 2. The minimum atomic E-state index is -0.625. The van der Waals surface area contributed by atoms with Crippen LogP contribution in [0.3, 0.4) is 0 Å². The number of pyridine rings is 1. The molecule has 0 bridgehead atoms. The summed E-state index contributed by atoms with van der Waals surface area (Å²) < 4.78 is 6.53. The van der Waals surface area contributed by atoms with Crippen LogP contribution >= 0.6 is 0 Å². The maximum atomic E-state index is 13.1. The Balaban J connectivity index is 2.19. The van der Waals surface area contributed by atoms with Crippen molar-refractivity contribution in [1.82, 2.24) is 14.5 Å². The van der Waals surface area contributed by atoms with E-state index in [1.807, 2.05) is 20.8 Å². The second-order valence-corrected chi connectivity index (χ2v) is 7.04. The zero-order valence-corrected chi connectivity index (χ0v) is 16.9. The highest BCUT2D eigenvalue weighted by molar-refractivity contribution is 6.11. The molecule has 2 aromatic heterocycles. The first-order valence-corrected chi connectivity index (χ1v) is 9.48. The first-order chi connectivity index (χ1) is 13.8. The molecule has 0 aliphatic rings. The predicted molar refractivity (Wildman–Crippen MR) is 112 cm³/mol. The third kappa shape index (κ3) is 4.06. The number of carbonyl (C=O) groups is 1. The number of methoxy groups -OCH3 is 1. The molecule has 0 spiro atoms. The monoisotopic (exact) mass is 396 g/mol. The number of fused-ring (bicyclic) bond motifs is 1. The van der Waals surface area contributed by atoms with Crippen LogP contribution < -0.4 is 21.3 Å². The van der Waals surface area contributed by atoms with Gasteiger partial charge in [-0.1, -0.05) is 20.8 Å². The molecule has 0 saturated carbocycles. The lowest BCUT2D eigenvalue weighted by molar-refractivity contribution is 0.102. The van der Waals surface area contributed by atoms with E-state index in [-0.39, 0.29) is 22.5 Å². The highest BCUT2D eigenvalue weighted by Gasteiger charge is 2.20. The summed E-state index contributed by atoms with van der Waals surface area (Å²) in [4.78, 5) is 44.8. The van der Waals surface area contributed by atoms with Gasteiger partial charge in [-0.2, -0.15) is 0 Å². The third-order valence-corrected chi connectivity index (χ3v) is 4.60. The maximum Gasteiger partial charge on any atom is 0.329 e. The molecular formula is C21H24N4O4.